The Morgan fingerprint density at radius 2 is 2.05 bits per heavy atom. The Morgan fingerprint density at radius 3 is 2.67 bits per heavy atom. The molecule has 0 spiro atoms. The molecule has 1 aromatic carbocycles. The van der Waals surface area contributed by atoms with Gasteiger partial charge in [-0.25, -0.2) is 4.98 Å². The van der Waals surface area contributed by atoms with Crippen LogP contribution in [-0.2, 0) is 4.79 Å². The van der Waals surface area contributed by atoms with Gasteiger partial charge in [-0.1, -0.05) is 12.1 Å². The molecule has 2 N–H and O–H groups in total. The molecule has 2 rings (SSSR count). The number of rotatable bonds is 5. The van der Waals surface area contributed by atoms with Gasteiger partial charge in [0.1, 0.15) is 0 Å². The molecule has 0 atom stereocenters. The van der Waals surface area contributed by atoms with Gasteiger partial charge in [-0.15, -0.1) is 0 Å². The minimum absolute atomic E-state index is 0.151. The molecule has 2 aromatic rings. The summed E-state index contributed by atoms with van der Waals surface area (Å²) in [4.78, 5) is 26.5. The molecule has 0 fully saturated rings. The highest BCUT2D eigenvalue weighted by Gasteiger charge is 2.22. The van der Waals surface area contributed by atoms with Crippen LogP contribution in [-0.4, -0.2) is 33.5 Å². The van der Waals surface area contributed by atoms with E-state index in [0.717, 1.165) is 4.90 Å². The van der Waals surface area contributed by atoms with E-state index in [9.17, 15) is 14.9 Å². The number of hydrogen-bond acceptors (Lipinski definition) is 6. The Balaban J connectivity index is 2.52. The van der Waals surface area contributed by atoms with Crippen molar-refractivity contribution in [2.45, 2.75) is 0 Å². The molecule has 0 saturated heterocycles. The van der Waals surface area contributed by atoms with Crippen LogP contribution in [0.3, 0.4) is 0 Å². The summed E-state index contributed by atoms with van der Waals surface area (Å²) in [5.41, 5.74) is 0.0508. The Bertz CT molecular complexity index is 679. The Labute approximate surface area is 119 Å². The first-order valence-corrected chi connectivity index (χ1v) is 5.84. The van der Waals surface area contributed by atoms with Crippen molar-refractivity contribution in [3.8, 4) is 0 Å². The SMILES string of the molecule is O=CN(c1cccc(B(O)O)c1)c1ncccc1[N+](=O)[O-]. The topological polar surface area (TPSA) is 117 Å². The molecule has 0 bridgehead atoms. The number of amides is 1. The number of benzene rings is 1. The zero-order valence-electron chi connectivity index (χ0n) is 10.7. The van der Waals surface area contributed by atoms with Crippen molar-refractivity contribution in [2.24, 2.45) is 0 Å². The van der Waals surface area contributed by atoms with Crippen molar-refractivity contribution in [1.82, 2.24) is 4.98 Å². The van der Waals surface area contributed by atoms with Crippen LogP contribution < -0.4 is 10.4 Å². The third-order valence-electron chi connectivity index (χ3n) is 2.74. The van der Waals surface area contributed by atoms with Gasteiger partial charge in [0.15, 0.2) is 0 Å². The highest BCUT2D eigenvalue weighted by Crippen LogP contribution is 2.29. The second-order valence-corrected chi connectivity index (χ2v) is 4.05. The van der Waals surface area contributed by atoms with Gasteiger partial charge in [-0.3, -0.25) is 19.8 Å². The summed E-state index contributed by atoms with van der Waals surface area (Å²) < 4.78 is 0. The number of pyridine rings is 1. The maximum atomic E-state index is 11.3. The number of hydrogen-bond donors (Lipinski definition) is 2. The zero-order valence-corrected chi connectivity index (χ0v) is 10.7. The first-order chi connectivity index (χ1) is 10.0. The summed E-state index contributed by atoms with van der Waals surface area (Å²) in [5, 5.41) is 29.3. The lowest BCUT2D eigenvalue weighted by Crippen LogP contribution is -2.30. The summed E-state index contributed by atoms with van der Waals surface area (Å²) in [6, 6.07) is 8.39. The molecule has 1 amide bonds. The van der Waals surface area contributed by atoms with Crippen molar-refractivity contribution in [2.75, 3.05) is 4.90 Å². The van der Waals surface area contributed by atoms with E-state index in [1.54, 1.807) is 0 Å². The van der Waals surface area contributed by atoms with Crippen molar-refractivity contribution in [3.63, 3.8) is 0 Å². The van der Waals surface area contributed by atoms with E-state index >= 15 is 0 Å². The standard InChI is InChI=1S/C12H10BN3O5/c17-8-15(10-4-1-3-9(7-10)13(18)19)12-11(16(20)21)5-2-6-14-12/h1-8,18-19H. The lowest BCUT2D eigenvalue weighted by atomic mass is 9.80. The number of nitrogens with zero attached hydrogens (tertiary/aromatic N) is 3. The summed E-state index contributed by atoms with van der Waals surface area (Å²) in [6.45, 7) is 0. The smallest absolute Gasteiger partial charge is 0.423 e. The van der Waals surface area contributed by atoms with E-state index in [0.29, 0.717) is 6.41 Å². The molecule has 0 unspecified atom stereocenters. The van der Waals surface area contributed by atoms with Crippen LogP contribution >= 0.6 is 0 Å². The van der Waals surface area contributed by atoms with Gasteiger partial charge in [-0.2, -0.15) is 0 Å². The predicted octanol–water partition coefficient (Wildman–Crippen LogP) is -0.0359. The normalized spacial score (nSPS) is 10.0. The molecular weight excluding hydrogens is 277 g/mol. The van der Waals surface area contributed by atoms with E-state index in [1.807, 2.05) is 0 Å². The molecule has 21 heavy (non-hydrogen) atoms. The first-order valence-electron chi connectivity index (χ1n) is 5.84. The molecule has 1 aromatic heterocycles. The number of nitro groups is 1. The quantitative estimate of drug-likeness (QED) is 0.345. The predicted molar refractivity (Wildman–Crippen MR) is 75.4 cm³/mol. The molecule has 106 valence electrons. The molecule has 9 heteroatoms. The summed E-state index contributed by atoms with van der Waals surface area (Å²) in [7, 11) is -1.71. The minimum atomic E-state index is -1.71. The molecule has 0 radical (unpaired) electrons. The zero-order chi connectivity index (χ0) is 15.4. The highest BCUT2D eigenvalue weighted by atomic mass is 16.6. The van der Waals surface area contributed by atoms with Gasteiger partial charge >= 0.3 is 12.8 Å². The fourth-order valence-corrected chi connectivity index (χ4v) is 1.78. The second-order valence-electron chi connectivity index (χ2n) is 4.05. The summed E-state index contributed by atoms with van der Waals surface area (Å²) in [6.07, 6.45) is 1.70. The Hall–Kier alpha value is -2.78. The molecule has 0 saturated carbocycles. The number of aromatic nitrogens is 1. The van der Waals surface area contributed by atoms with Gasteiger partial charge in [0.2, 0.25) is 12.2 Å². The van der Waals surface area contributed by atoms with E-state index in [2.05, 4.69) is 4.98 Å². The minimum Gasteiger partial charge on any atom is -0.423 e. The van der Waals surface area contributed by atoms with Crippen LogP contribution in [0.15, 0.2) is 42.6 Å². The van der Waals surface area contributed by atoms with Gasteiger partial charge < -0.3 is 10.0 Å². The molecule has 0 aliphatic carbocycles. The molecule has 0 aliphatic heterocycles. The average Bonchev–Trinajstić information content (AvgIpc) is 2.48. The molecule has 0 aliphatic rings. The van der Waals surface area contributed by atoms with Crippen molar-refractivity contribution >= 4 is 36.2 Å². The highest BCUT2D eigenvalue weighted by molar-refractivity contribution is 6.58. The van der Waals surface area contributed by atoms with Crippen molar-refractivity contribution in [1.29, 1.82) is 0 Å². The van der Waals surface area contributed by atoms with Crippen molar-refractivity contribution < 1.29 is 19.8 Å². The maximum absolute atomic E-state index is 11.3. The van der Waals surface area contributed by atoms with Crippen molar-refractivity contribution in [3.05, 3.63) is 52.7 Å². The summed E-state index contributed by atoms with van der Waals surface area (Å²) in [5.74, 6) is -0.151. The van der Waals surface area contributed by atoms with Crippen LogP contribution in [0.25, 0.3) is 0 Å². The fraction of sp³-hybridized carbons (Fsp3) is 0. The van der Waals surface area contributed by atoms with E-state index in [4.69, 9.17) is 10.0 Å². The summed E-state index contributed by atoms with van der Waals surface area (Å²) >= 11 is 0. The van der Waals surface area contributed by atoms with E-state index < -0.39 is 12.0 Å². The lowest BCUT2D eigenvalue weighted by molar-refractivity contribution is -0.384. The third-order valence-corrected chi connectivity index (χ3v) is 2.74. The monoisotopic (exact) mass is 287 g/mol. The Morgan fingerprint density at radius 1 is 1.29 bits per heavy atom. The van der Waals surface area contributed by atoms with Gasteiger partial charge in [0, 0.05) is 12.3 Å². The van der Waals surface area contributed by atoms with Gasteiger partial charge in [0.25, 0.3) is 0 Å². The maximum Gasteiger partial charge on any atom is 0.488 e. The largest absolute Gasteiger partial charge is 0.488 e. The molecular formula is C12H10BN3O5. The van der Waals surface area contributed by atoms with Crippen LogP contribution in [0.2, 0.25) is 0 Å². The number of carbonyl (C=O) groups is 1. The lowest BCUT2D eigenvalue weighted by Gasteiger charge is -2.17. The second kappa shape index (κ2) is 6.12. The van der Waals surface area contributed by atoms with Crippen LogP contribution in [0.4, 0.5) is 17.2 Å². The first kappa shape index (κ1) is 14.6. The fourth-order valence-electron chi connectivity index (χ4n) is 1.78. The van der Waals surface area contributed by atoms with Crippen LogP contribution in [0, 0.1) is 10.1 Å². The molecule has 8 nitrogen and oxygen atoms in total. The number of anilines is 2. The Kier molecular flexibility index (Phi) is 4.26. The average molecular weight is 287 g/mol. The van der Waals surface area contributed by atoms with E-state index in [1.165, 1.54) is 42.6 Å². The van der Waals surface area contributed by atoms with Gasteiger partial charge in [0.05, 0.1) is 10.6 Å². The number of carbonyl (C=O) groups excluding carboxylic acids is 1. The third kappa shape index (κ3) is 3.04. The van der Waals surface area contributed by atoms with Gasteiger partial charge in [-0.05, 0) is 23.7 Å². The molecule has 1 heterocycles. The van der Waals surface area contributed by atoms with Crippen LogP contribution in [0.5, 0.6) is 0 Å². The van der Waals surface area contributed by atoms with E-state index in [-0.39, 0.29) is 22.7 Å². The van der Waals surface area contributed by atoms with Crippen LogP contribution in [0.1, 0.15) is 0 Å².